The molecule has 4 aromatic rings. The van der Waals surface area contributed by atoms with E-state index < -0.39 is 0 Å². The second-order valence-corrected chi connectivity index (χ2v) is 8.39. The minimum atomic E-state index is -0.0386. The van der Waals surface area contributed by atoms with E-state index in [2.05, 4.69) is 35.9 Å². The van der Waals surface area contributed by atoms with Crippen LogP contribution in [0.5, 0.6) is 0 Å². The zero-order valence-corrected chi connectivity index (χ0v) is 16.8. The highest BCUT2D eigenvalue weighted by molar-refractivity contribution is 7.15. The standard InChI is InChI=1S/C21H22N6OS/c28-20-2-1-19(17-3-7-22-8-4-17)24-27(20)13-16-5-9-25(10-6-16)14-18-15-26-11-12-29-21(26)23-18/h1-4,7-8,11-12,15-16H,5-6,9-10,13-14H2. The summed E-state index contributed by atoms with van der Waals surface area (Å²) < 4.78 is 3.71. The molecule has 29 heavy (non-hydrogen) atoms. The van der Waals surface area contributed by atoms with E-state index in [9.17, 15) is 4.79 Å². The van der Waals surface area contributed by atoms with Gasteiger partial charge in [0.1, 0.15) is 0 Å². The number of piperidine rings is 1. The Balaban J connectivity index is 1.21. The zero-order chi connectivity index (χ0) is 19.6. The molecule has 148 valence electrons. The summed E-state index contributed by atoms with van der Waals surface area (Å²) in [6, 6.07) is 7.22. The second kappa shape index (κ2) is 7.88. The van der Waals surface area contributed by atoms with Gasteiger partial charge in [-0.2, -0.15) is 5.10 Å². The highest BCUT2D eigenvalue weighted by Gasteiger charge is 2.21. The van der Waals surface area contributed by atoms with Gasteiger partial charge in [-0.3, -0.25) is 19.1 Å². The van der Waals surface area contributed by atoms with Gasteiger partial charge in [-0.25, -0.2) is 9.67 Å². The van der Waals surface area contributed by atoms with E-state index in [4.69, 9.17) is 0 Å². The third-order valence-corrected chi connectivity index (χ3v) is 6.28. The summed E-state index contributed by atoms with van der Waals surface area (Å²) in [5.74, 6) is 0.467. The molecule has 1 aliphatic rings. The van der Waals surface area contributed by atoms with Crippen molar-refractivity contribution < 1.29 is 0 Å². The summed E-state index contributed by atoms with van der Waals surface area (Å²) >= 11 is 1.66. The molecule has 0 aromatic carbocycles. The van der Waals surface area contributed by atoms with Crippen molar-refractivity contribution in [3.05, 3.63) is 70.5 Å². The molecule has 0 amide bonds. The molecule has 4 aromatic heterocycles. The maximum Gasteiger partial charge on any atom is 0.266 e. The first-order chi connectivity index (χ1) is 14.2. The molecule has 0 bridgehead atoms. The van der Waals surface area contributed by atoms with E-state index in [1.165, 1.54) is 0 Å². The van der Waals surface area contributed by atoms with Crippen molar-refractivity contribution in [1.82, 2.24) is 29.0 Å². The average molecular weight is 407 g/mol. The number of fused-ring (bicyclic) bond motifs is 1. The predicted octanol–water partition coefficient (Wildman–Crippen LogP) is 2.93. The summed E-state index contributed by atoms with van der Waals surface area (Å²) in [5.41, 5.74) is 2.87. The fraction of sp³-hybridized carbons (Fsp3) is 0.333. The Kier molecular flexibility index (Phi) is 4.95. The number of rotatable bonds is 5. The molecule has 0 unspecified atom stereocenters. The molecule has 5 heterocycles. The predicted molar refractivity (Wildman–Crippen MR) is 113 cm³/mol. The Bertz CT molecular complexity index is 1130. The Hall–Kier alpha value is -2.84. The first-order valence-corrected chi connectivity index (χ1v) is 10.7. The van der Waals surface area contributed by atoms with Crippen molar-refractivity contribution in [3.8, 4) is 11.3 Å². The molecule has 0 aliphatic carbocycles. The summed E-state index contributed by atoms with van der Waals surface area (Å²) in [6.45, 7) is 3.60. The van der Waals surface area contributed by atoms with Crippen molar-refractivity contribution in [3.63, 3.8) is 0 Å². The molecule has 8 heteroatoms. The van der Waals surface area contributed by atoms with Crippen molar-refractivity contribution in [2.75, 3.05) is 13.1 Å². The summed E-state index contributed by atoms with van der Waals surface area (Å²) in [6.07, 6.45) is 9.78. The maximum atomic E-state index is 12.3. The number of imidazole rings is 1. The van der Waals surface area contributed by atoms with Crippen LogP contribution >= 0.6 is 11.3 Å². The van der Waals surface area contributed by atoms with Crippen molar-refractivity contribution >= 4 is 16.3 Å². The molecular formula is C21H22N6OS. The molecular weight excluding hydrogens is 384 g/mol. The average Bonchev–Trinajstić information content (AvgIpc) is 3.33. The van der Waals surface area contributed by atoms with Gasteiger partial charge in [-0.1, -0.05) is 0 Å². The van der Waals surface area contributed by atoms with Gasteiger partial charge in [0, 0.05) is 54.9 Å². The van der Waals surface area contributed by atoms with Crippen LogP contribution in [0.15, 0.2) is 59.2 Å². The minimum absolute atomic E-state index is 0.0386. The van der Waals surface area contributed by atoms with Crippen LogP contribution in [-0.2, 0) is 13.1 Å². The largest absolute Gasteiger partial charge is 0.297 e. The number of hydrogen-bond acceptors (Lipinski definition) is 6. The van der Waals surface area contributed by atoms with E-state index in [1.54, 1.807) is 40.5 Å². The van der Waals surface area contributed by atoms with Gasteiger partial charge in [0.25, 0.3) is 5.56 Å². The fourth-order valence-electron chi connectivity index (χ4n) is 3.91. The maximum absolute atomic E-state index is 12.3. The number of pyridine rings is 1. The van der Waals surface area contributed by atoms with E-state index in [0.29, 0.717) is 12.5 Å². The Morgan fingerprint density at radius 3 is 2.72 bits per heavy atom. The minimum Gasteiger partial charge on any atom is -0.297 e. The van der Waals surface area contributed by atoms with Gasteiger partial charge >= 0.3 is 0 Å². The van der Waals surface area contributed by atoms with Gasteiger partial charge in [-0.05, 0) is 50.0 Å². The fourth-order valence-corrected chi connectivity index (χ4v) is 4.63. The molecule has 1 fully saturated rings. The lowest BCUT2D eigenvalue weighted by atomic mass is 9.97. The summed E-state index contributed by atoms with van der Waals surface area (Å²) in [4.78, 5) is 24.5. The van der Waals surface area contributed by atoms with Crippen molar-refractivity contribution in [2.24, 2.45) is 5.92 Å². The molecule has 0 spiro atoms. The van der Waals surface area contributed by atoms with Gasteiger partial charge in [0.05, 0.1) is 11.4 Å². The van der Waals surface area contributed by atoms with Gasteiger partial charge in [-0.15, -0.1) is 11.3 Å². The quantitative estimate of drug-likeness (QED) is 0.510. The molecule has 0 saturated carbocycles. The van der Waals surface area contributed by atoms with Gasteiger partial charge in [0.15, 0.2) is 4.96 Å². The smallest absolute Gasteiger partial charge is 0.266 e. The van der Waals surface area contributed by atoms with Crippen LogP contribution < -0.4 is 5.56 Å². The van der Waals surface area contributed by atoms with Gasteiger partial charge in [0.2, 0.25) is 0 Å². The van der Waals surface area contributed by atoms with Crippen LogP contribution in [0.4, 0.5) is 0 Å². The van der Waals surface area contributed by atoms with Crippen LogP contribution in [0.2, 0.25) is 0 Å². The molecule has 0 N–H and O–H groups in total. The molecule has 0 radical (unpaired) electrons. The van der Waals surface area contributed by atoms with Crippen molar-refractivity contribution in [2.45, 2.75) is 25.9 Å². The Labute approximate surface area is 172 Å². The van der Waals surface area contributed by atoms with E-state index in [-0.39, 0.29) is 5.56 Å². The zero-order valence-electron chi connectivity index (χ0n) is 16.0. The third-order valence-electron chi connectivity index (χ3n) is 5.51. The number of nitrogens with zero attached hydrogens (tertiary/aromatic N) is 6. The second-order valence-electron chi connectivity index (χ2n) is 7.52. The summed E-state index contributed by atoms with van der Waals surface area (Å²) in [7, 11) is 0. The Morgan fingerprint density at radius 2 is 1.93 bits per heavy atom. The van der Waals surface area contributed by atoms with Crippen LogP contribution in [0.25, 0.3) is 16.2 Å². The van der Waals surface area contributed by atoms with Crippen LogP contribution in [0, 0.1) is 5.92 Å². The van der Waals surface area contributed by atoms with Crippen LogP contribution in [-0.4, -0.2) is 42.1 Å². The normalized spacial score (nSPS) is 15.9. The lowest BCUT2D eigenvalue weighted by Gasteiger charge is -2.31. The van der Waals surface area contributed by atoms with E-state index in [0.717, 1.165) is 54.4 Å². The molecule has 5 rings (SSSR count). The highest BCUT2D eigenvalue weighted by atomic mass is 32.1. The first-order valence-electron chi connectivity index (χ1n) is 9.86. The molecule has 0 atom stereocenters. The van der Waals surface area contributed by atoms with Gasteiger partial charge < -0.3 is 0 Å². The number of likely N-dealkylation sites (tertiary alicyclic amines) is 1. The topological polar surface area (TPSA) is 68.3 Å². The van der Waals surface area contributed by atoms with Crippen molar-refractivity contribution in [1.29, 1.82) is 0 Å². The number of thiazole rings is 1. The SMILES string of the molecule is O=c1ccc(-c2ccncc2)nn1CC1CCN(Cc2cn3ccsc3n2)CC1. The molecule has 7 nitrogen and oxygen atoms in total. The monoisotopic (exact) mass is 406 g/mol. The molecule has 1 aliphatic heterocycles. The van der Waals surface area contributed by atoms with E-state index >= 15 is 0 Å². The summed E-state index contributed by atoms with van der Waals surface area (Å²) in [5, 5.41) is 6.65. The third kappa shape index (κ3) is 3.99. The van der Waals surface area contributed by atoms with Crippen LogP contribution in [0.1, 0.15) is 18.5 Å². The Morgan fingerprint density at radius 1 is 1.10 bits per heavy atom. The molecule has 1 saturated heterocycles. The highest BCUT2D eigenvalue weighted by Crippen LogP contribution is 2.21. The number of aromatic nitrogens is 5. The lowest BCUT2D eigenvalue weighted by molar-refractivity contribution is 0.162. The van der Waals surface area contributed by atoms with E-state index in [1.807, 2.05) is 18.3 Å². The number of hydrogen-bond donors (Lipinski definition) is 0. The lowest BCUT2D eigenvalue weighted by Crippen LogP contribution is -2.36. The van der Waals surface area contributed by atoms with Crippen LogP contribution in [0.3, 0.4) is 0 Å². The first kappa shape index (κ1) is 18.2.